The van der Waals surface area contributed by atoms with Gasteiger partial charge in [-0.1, -0.05) is 11.6 Å². The van der Waals surface area contributed by atoms with Gasteiger partial charge in [-0.25, -0.2) is 9.18 Å². The van der Waals surface area contributed by atoms with Crippen molar-refractivity contribution in [3.05, 3.63) is 40.2 Å². The molecular formula is C10H8ClFO2. The number of aryl methyl sites for hydroxylation is 1. The van der Waals surface area contributed by atoms with Crippen molar-refractivity contribution in [2.75, 3.05) is 0 Å². The molecule has 1 aromatic rings. The van der Waals surface area contributed by atoms with E-state index in [0.717, 1.165) is 6.08 Å². The van der Waals surface area contributed by atoms with Crippen molar-refractivity contribution in [3.63, 3.8) is 0 Å². The second kappa shape index (κ2) is 4.24. The van der Waals surface area contributed by atoms with Crippen molar-refractivity contribution in [1.29, 1.82) is 0 Å². The molecule has 4 heteroatoms. The molecule has 0 radical (unpaired) electrons. The second-order valence-corrected chi connectivity index (χ2v) is 3.20. The van der Waals surface area contributed by atoms with E-state index in [1.165, 1.54) is 18.2 Å². The van der Waals surface area contributed by atoms with Crippen LogP contribution < -0.4 is 0 Å². The normalized spacial score (nSPS) is 10.8. The number of carbonyl (C=O) groups is 1. The molecule has 1 rings (SSSR count). The fourth-order valence-electron chi connectivity index (χ4n) is 0.968. The third-order valence-corrected chi connectivity index (χ3v) is 2.09. The van der Waals surface area contributed by atoms with E-state index in [0.29, 0.717) is 10.6 Å². The standard InChI is InChI=1S/C10H8ClFO2/c1-6-4-7(2-3-10(13)14)9(12)5-8(6)11/h2-5H,1H3,(H,13,14)/b3-2+. The van der Waals surface area contributed by atoms with E-state index in [4.69, 9.17) is 16.7 Å². The molecule has 0 aliphatic rings. The van der Waals surface area contributed by atoms with E-state index >= 15 is 0 Å². The summed E-state index contributed by atoms with van der Waals surface area (Å²) in [5.41, 5.74) is 0.924. The number of hydrogen-bond donors (Lipinski definition) is 1. The fourth-order valence-corrected chi connectivity index (χ4v) is 1.12. The number of carboxylic acid groups (broad SMARTS) is 1. The molecule has 0 heterocycles. The maximum absolute atomic E-state index is 13.2. The van der Waals surface area contributed by atoms with E-state index in [2.05, 4.69) is 0 Å². The topological polar surface area (TPSA) is 37.3 Å². The first-order valence-electron chi connectivity index (χ1n) is 3.87. The van der Waals surface area contributed by atoms with Gasteiger partial charge >= 0.3 is 5.97 Å². The first kappa shape index (κ1) is 10.7. The summed E-state index contributed by atoms with van der Waals surface area (Å²) < 4.78 is 13.2. The maximum Gasteiger partial charge on any atom is 0.328 e. The summed E-state index contributed by atoms with van der Waals surface area (Å²) in [5, 5.41) is 8.68. The number of rotatable bonds is 2. The van der Waals surface area contributed by atoms with Crippen LogP contribution in [0.15, 0.2) is 18.2 Å². The zero-order valence-corrected chi connectivity index (χ0v) is 8.18. The van der Waals surface area contributed by atoms with Crippen LogP contribution in [0.1, 0.15) is 11.1 Å². The molecule has 0 aliphatic carbocycles. The summed E-state index contributed by atoms with van der Waals surface area (Å²) in [6.07, 6.45) is 2.08. The van der Waals surface area contributed by atoms with Crippen LogP contribution in [0.2, 0.25) is 5.02 Å². The molecule has 0 amide bonds. The molecule has 0 unspecified atom stereocenters. The van der Waals surface area contributed by atoms with Crippen LogP contribution in [0, 0.1) is 12.7 Å². The van der Waals surface area contributed by atoms with Crippen molar-refractivity contribution < 1.29 is 14.3 Å². The van der Waals surface area contributed by atoms with Crippen LogP contribution >= 0.6 is 11.6 Å². The molecule has 0 saturated heterocycles. The Morgan fingerprint density at radius 1 is 1.57 bits per heavy atom. The Labute approximate surface area is 85.6 Å². The van der Waals surface area contributed by atoms with Gasteiger partial charge in [0.05, 0.1) is 0 Å². The second-order valence-electron chi connectivity index (χ2n) is 2.79. The summed E-state index contributed by atoms with van der Waals surface area (Å²) in [6, 6.07) is 2.66. The molecule has 0 fully saturated rings. The van der Waals surface area contributed by atoms with Gasteiger partial charge in [-0.3, -0.25) is 0 Å². The third kappa shape index (κ3) is 2.57. The first-order valence-corrected chi connectivity index (χ1v) is 4.25. The molecule has 1 N–H and O–H groups in total. The lowest BCUT2D eigenvalue weighted by Gasteiger charge is -2.01. The Morgan fingerprint density at radius 3 is 2.79 bits per heavy atom. The average Bonchev–Trinajstić information content (AvgIpc) is 2.09. The summed E-state index contributed by atoms with van der Waals surface area (Å²) in [4.78, 5) is 10.2. The quantitative estimate of drug-likeness (QED) is 0.769. The molecule has 0 bridgehead atoms. The fraction of sp³-hybridized carbons (Fsp3) is 0.100. The van der Waals surface area contributed by atoms with Gasteiger partial charge in [-0.05, 0) is 30.7 Å². The van der Waals surface area contributed by atoms with Gasteiger partial charge in [0.2, 0.25) is 0 Å². The molecule has 1 aromatic carbocycles. The first-order chi connectivity index (χ1) is 6.50. The zero-order valence-electron chi connectivity index (χ0n) is 7.42. The third-order valence-electron chi connectivity index (χ3n) is 1.68. The highest BCUT2D eigenvalue weighted by atomic mass is 35.5. The highest BCUT2D eigenvalue weighted by Gasteiger charge is 2.03. The highest BCUT2D eigenvalue weighted by Crippen LogP contribution is 2.20. The van der Waals surface area contributed by atoms with Gasteiger partial charge in [0, 0.05) is 16.7 Å². The van der Waals surface area contributed by atoms with E-state index in [1.807, 2.05) is 0 Å². The molecule has 0 spiro atoms. The van der Waals surface area contributed by atoms with Crippen molar-refractivity contribution in [1.82, 2.24) is 0 Å². The number of carboxylic acids is 1. The van der Waals surface area contributed by atoms with Crippen LogP contribution in [-0.2, 0) is 4.79 Å². The summed E-state index contributed by atoms with van der Waals surface area (Å²) in [6.45, 7) is 1.72. The minimum absolute atomic E-state index is 0.217. The van der Waals surface area contributed by atoms with Crippen LogP contribution in [0.5, 0.6) is 0 Å². The van der Waals surface area contributed by atoms with Crippen LogP contribution in [0.3, 0.4) is 0 Å². The SMILES string of the molecule is Cc1cc(/C=C/C(=O)O)c(F)cc1Cl. The molecule has 0 atom stereocenters. The zero-order chi connectivity index (χ0) is 10.7. The van der Waals surface area contributed by atoms with Gasteiger partial charge in [0.15, 0.2) is 0 Å². The van der Waals surface area contributed by atoms with Gasteiger partial charge in [-0.2, -0.15) is 0 Å². The predicted molar refractivity (Wildman–Crippen MR) is 52.8 cm³/mol. The Balaban J connectivity index is 3.10. The summed E-state index contributed by atoms with van der Waals surface area (Å²) in [7, 11) is 0. The molecule has 0 aromatic heterocycles. The molecule has 0 aliphatic heterocycles. The minimum atomic E-state index is -1.11. The van der Waals surface area contributed by atoms with Crippen molar-refractivity contribution in [3.8, 4) is 0 Å². The lowest BCUT2D eigenvalue weighted by Crippen LogP contribution is -1.89. The summed E-state index contributed by atoms with van der Waals surface area (Å²) in [5.74, 6) is -1.64. The summed E-state index contributed by atoms with van der Waals surface area (Å²) >= 11 is 5.67. The van der Waals surface area contributed by atoms with Crippen molar-refractivity contribution in [2.24, 2.45) is 0 Å². The molecule has 2 nitrogen and oxygen atoms in total. The Morgan fingerprint density at radius 2 is 2.21 bits per heavy atom. The number of aliphatic carboxylic acids is 1. The Kier molecular flexibility index (Phi) is 3.25. The number of halogens is 2. The number of benzene rings is 1. The van der Waals surface area contributed by atoms with Gasteiger partial charge < -0.3 is 5.11 Å². The van der Waals surface area contributed by atoms with Crippen molar-refractivity contribution >= 4 is 23.6 Å². The van der Waals surface area contributed by atoms with E-state index in [1.54, 1.807) is 6.92 Å². The highest BCUT2D eigenvalue weighted by molar-refractivity contribution is 6.31. The molecular weight excluding hydrogens is 207 g/mol. The van der Waals surface area contributed by atoms with Crippen LogP contribution in [0.4, 0.5) is 4.39 Å². The Bertz CT molecular complexity index is 399. The molecule has 14 heavy (non-hydrogen) atoms. The van der Waals surface area contributed by atoms with Gasteiger partial charge in [0.25, 0.3) is 0 Å². The lowest BCUT2D eigenvalue weighted by atomic mass is 10.1. The predicted octanol–water partition coefficient (Wildman–Crippen LogP) is 2.89. The van der Waals surface area contributed by atoms with Gasteiger partial charge in [-0.15, -0.1) is 0 Å². The number of hydrogen-bond acceptors (Lipinski definition) is 1. The largest absolute Gasteiger partial charge is 0.478 e. The van der Waals surface area contributed by atoms with Crippen molar-refractivity contribution in [2.45, 2.75) is 6.92 Å². The van der Waals surface area contributed by atoms with E-state index in [-0.39, 0.29) is 5.56 Å². The minimum Gasteiger partial charge on any atom is -0.478 e. The Hall–Kier alpha value is -1.35. The maximum atomic E-state index is 13.2. The smallest absolute Gasteiger partial charge is 0.328 e. The average molecular weight is 215 g/mol. The van der Waals surface area contributed by atoms with E-state index < -0.39 is 11.8 Å². The van der Waals surface area contributed by atoms with Crippen LogP contribution in [-0.4, -0.2) is 11.1 Å². The molecule has 0 saturated carbocycles. The monoisotopic (exact) mass is 214 g/mol. The van der Waals surface area contributed by atoms with Gasteiger partial charge in [0.1, 0.15) is 5.82 Å². The lowest BCUT2D eigenvalue weighted by molar-refractivity contribution is -0.131. The van der Waals surface area contributed by atoms with Crippen LogP contribution in [0.25, 0.3) is 6.08 Å². The van der Waals surface area contributed by atoms with E-state index in [9.17, 15) is 9.18 Å². The molecule has 74 valence electrons.